The smallest absolute Gasteiger partial charge is 0.317 e. The standard InChI is InChI=1S/C26H51N5O10/c1-2-27-3-5-28(7-8-30(14-23(39)40)10-9-29(6-4-27)13-22(37)38)11-21(36)12-31-15-25(17-32,18-33)24(41)26(16-31,19-34)20-35/h21,24,32-36,41H,2-20H2,1H3,(H,37,38)(H,39,40). The summed E-state index contributed by atoms with van der Waals surface area (Å²) in [6.45, 7) is 4.74. The predicted molar refractivity (Wildman–Crippen MR) is 148 cm³/mol. The minimum atomic E-state index is -1.38. The molecule has 240 valence electrons. The first kappa shape index (κ1) is 35.7. The van der Waals surface area contributed by atoms with Crippen molar-refractivity contribution in [2.75, 3.05) is 125 Å². The normalized spacial score (nSPS) is 24.0. The first-order chi connectivity index (χ1) is 19.5. The second-order valence-electron chi connectivity index (χ2n) is 11.7. The molecule has 2 rings (SSSR count). The Morgan fingerprint density at radius 1 is 0.659 bits per heavy atom. The predicted octanol–water partition coefficient (Wildman–Crippen LogP) is -4.62. The summed E-state index contributed by atoms with van der Waals surface area (Å²) in [5.41, 5.74) is -2.77. The van der Waals surface area contributed by atoms with Gasteiger partial charge >= 0.3 is 11.9 Å². The van der Waals surface area contributed by atoms with Crippen LogP contribution in [0.15, 0.2) is 0 Å². The van der Waals surface area contributed by atoms with Gasteiger partial charge in [-0.2, -0.15) is 0 Å². The van der Waals surface area contributed by atoms with E-state index in [1.807, 2.05) is 16.7 Å². The fourth-order valence-electron chi connectivity index (χ4n) is 5.97. The minimum Gasteiger partial charge on any atom is -0.480 e. The summed E-state index contributed by atoms with van der Waals surface area (Å²) in [4.78, 5) is 32.4. The molecule has 0 aromatic rings. The molecule has 0 radical (unpaired) electrons. The first-order valence-electron chi connectivity index (χ1n) is 14.3. The largest absolute Gasteiger partial charge is 0.480 e. The highest BCUT2D eigenvalue weighted by Gasteiger charge is 2.55. The third-order valence-electron chi connectivity index (χ3n) is 8.53. The van der Waals surface area contributed by atoms with Crippen LogP contribution in [-0.4, -0.2) is 214 Å². The number of nitrogens with zero attached hydrogens (tertiary/aromatic N) is 5. The van der Waals surface area contributed by atoms with Crippen LogP contribution in [0, 0.1) is 10.8 Å². The molecule has 1 unspecified atom stereocenters. The summed E-state index contributed by atoms with van der Waals surface area (Å²) in [5, 5.41) is 80.8. The highest BCUT2D eigenvalue weighted by Crippen LogP contribution is 2.40. The number of piperidine rings is 1. The van der Waals surface area contributed by atoms with Gasteiger partial charge in [-0.15, -0.1) is 0 Å². The number of aliphatic hydroxyl groups is 6. The van der Waals surface area contributed by atoms with E-state index in [1.54, 1.807) is 9.80 Å². The van der Waals surface area contributed by atoms with E-state index in [-0.39, 0.29) is 39.3 Å². The maximum absolute atomic E-state index is 11.5. The summed E-state index contributed by atoms with van der Waals surface area (Å²) in [7, 11) is 0. The number of carbonyl (C=O) groups is 2. The number of aliphatic hydroxyl groups excluding tert-OH is 6. The zero-order valence-electron chi connectivity index (χ0n) is 24.2. The Hall–Kier alpha value is -1.50. The van der Waals surface area contributed by atoms with Gasteiger partial charge in [0, 0.05) is 78.5 Å². The lowest BCUT2D eigenvalue weighted by molar-refractivity contribution is -0.196. The molecule has 2 saturated heterocycles. The fraction of sp³-hybridized carbons (Fsp3) is 0.923. The van der Waals surface area contributed by atoms with Crippen molar-refractivity contribution in [1.82, 2.24) is 24.5 Å². The minimum absolute atomic E-state index is 0.0584. The number of aliphatic carboxylic acids is 2. The molecule has 15 nitrogen and oxygen atoms in total. The molecule has 15 heteroatoms. The van der Waals surface area contributed by atoms with E-state index in [9.17, 15) is 50.4 Å². The number of β-amino-alcohol motifs (C(OH)–C–C–N with tert-alkyl or cyclic N) is 1. The third kappa shape index (κ3) is 10.3. The van der Waals surface area contributed by atoms with E-state index >= 15 is 0 Å². The molecule has 41 heavy (non-hydrogen) atoms. The van der Waals surface area contributed by atoms with Crippen LogP contribution in [0.5, 0.6) is 0 Å². The molecular weight excluding hydrogens is 542 g/mol. The van der Waals surface area contributed by atoms with Crippen molar-refractivity contribution >= 4 is 11.9 Å². The summed E-state index contributed by atoms with van der Waals surface area (Å²) < 4.78 is 0. The maximum Gasteiger partial charge on any atom is 0.317 e. The summed E-state index contributed by atoms with van der Waals surface area (Å²) in [5.74, 6) is -1.91. The Morgan fingerprint density at radius 3 is 1.34 bits per heavy atom. The molecule has 2 aliphatic rings. The summed E-state index contributed by atoms with van der Waals surface area (Å²) in [6.07, 6.45) is -2.24. The zero-order chi connectivity index (χ0) is 30.6. The molecule has 2 aliphatic heterocycles. The van der Waals surface area contributed by atoms with E-state index in [0.717, 1.165) is 6.54 Å². The van der Waals surface area contributed by atoms with Gasteiger partial charge in [0.1, 0.15) is 0 Å². The average molecular weight is 594 g/mol. The summed E-state index contributed by atoms with van der Waals surface area (Å²) >= 11 is 0. The zero-order valence-corrected chi connectivity index (χ0v) is 24.2. The van der Waals surface area contributed by atoms with Crippen LogP contribution in [0.25, 0.3) is 0 Å². The molecule has 0 aromatic heterocycles. The fourth-order valence-corrected chi connectivity index (χ4v) is 5.97. The molecule has 2 heterocycles. The van der Waals surface area contributed by atoms with Gasteiger partial charge < -0.3 is 45.8 Å². The lowest BCUT2D eigenvalue weighted by atomic mass is 9.65. The number of likely N-dealkylation sites (N-methyl/N-ethyl adjacent to an activating group) is 1. The van der Waals surface area contributed by atoms with E-state index < -0.39 is 61.4 Å². The number of hydrogen-bond acceptors (Lipinski definition) is 13. The van der Waals surface area contributed by atoms with Crippen LogP contribution in [0.3, 0.4) is 0 Å². The molecule has 0 spiro atoms. The highest BCUT2D eigenvalue weighted by atomic mass is 16.4. The van der Waals surface area contributed by atoms with Gasteiger partial charge in [0.15, 0.2) is 0 Å². The molecule has 0 bridgehead atoms. The van der Waals surface area contributed by atoms with Crippen LogP contribution in [0.2, 0.25) is 0 Å². The molecule has 0 aliphatic carbocycles. The van der Waals surface area contributed by atoms with Crippen molar-refractivity contribution in [2.45, 2.75) is 19.1 Å². The SMILES string of the molecule is CCN1CCN(CC(=O)O)CCN(CC(=O)O)CCN(CC(O)CN2CC(CO)(CO)C(O)C(CO)(CO)C2)CC1. The van der Waals surface area contributed by atoms with Gasteiger partial charge in [-0.25, -0.2) is 0 Å². The number of hydrogen-bond donors (Lipinski definition) is 8. The quantitative estimate of drug-likeness (QED) is 0.101. The number of rotatable bonds is 13. The van der Waals surface area contributed by atoms with Gasteiger partial charge in [-0.3, -0.25) is 29.2 Å². The van der Waals surface area contributed by atoms with Gasteiger partial charge in [0.2, 0.25) is 0 Å². The van der Waals surface area contributed by atoms with Crippen molar-refractivity contribution in [1.29, 1.82) is 0 Å². The topological polar surface area (TPSA) is 212 Å². The Morgan fingerprint density at radius 2 is 1.00 bits per heavy atom. The number of likely N-dealkylation sites (tertiary alicyclic amines) is 1. The van der Waals surface area contributed by atoms with Crippen molar-refractivity contribution in [3.05, 3.63) is 0 Å². The average Bonchev–Trinajstić information content (AvgIpc) is 2.93. The highest BCUT2D eigenvalue weighted by molar-refractivity contribution is 5.69. The molecule has 0 amide bonds. The Kier molecular flexibility index (Phi) is 14.8. The Balaban J connectivity index is 2.14. The van der Waals surface area contributed by atoms with E-state index in [1.165, 1.54) is 0 Å². The van der Waals surface area contributed by atoms with Crippen molar-refractivity contribution in [2.24, 2.45) is 10.8 Å². The molecule has 2 fully saturated rings. The number of carboxylic acids is 2. The van der Waals surface area contributed by atoms with E-state index in [2.05, 4.69) is 4.90 Å². The molecule has 1 atom stereocenters. The van der Waals surface area contributed by atoms with Gasteiger partial charge in [0.05, 0.1) is 62.6 Å². The first-order valence-corrected chi connectivity index (χ1v) is 14.3. The molecular formula is C26H51N5O10. The van der Waals surface area contributed by atoms with Crippen molar-refractivity contribution in [3.8, 4) is 0 Å². The van der Waals surface area contributed by atoms with Crippen LogP contribution >= 0.6 is 0 Å². The molecule has 0 saturated carbocycles. The Labute approximate surface area is 241 Å². The van der Waals surface area contributed by atoms with Crippen LogP contribution in [-0.2, 0) is 9.59 Å². The molecule has 8 N–H and O–H groups in total. The second-order valence-corrected chi connectivity index (χ2v) is 11.7. The number of carboxylic acid groups (broad SMARTS) is 2. The van der Waals surface area contributed by atoms with Gasteiger partial charge in [0.25, 0.3) is 0 Å². The summed E-state index contributed by atoms with van der Waals surface area (Å²) in [6, 6.07) is 0. The van der Waals surface area contributed by atoms with Crippen LogP contribution < -0.4 is 0 Å². The molecule has 0 aromatic carbocycles. The lowest BCUT2D eigenvalue weighted by Crippen LogP contribution is -2.68. The van der Waals surface area contributed by atoms with Crippen molar-refractivity contribution in [3.63, 3.8) is 0 Å². The maximum atomic E-state index is 11.5. The van der Waals surface area contributed by atoms with E-state index in [0.29, 0.717) is 52.4 Å². The van der Waals surface area contributed by atoms with Crippen LogP contribution in [0.1, 0.15) is 6.92 Å². The van der Waals surface area contributed by atoms with Gasteiger partial charge in [-0.1, -0.05) is 6.92 Å². The lowest BCUT2D eigenvalue weighted by Gasteiger charge is -2.54. The van der Waals surface area contributed by atoms with Crippen molar-refractivity contribution < 1.29 is 50.4 Å². The second kappa shape index (κ2) is 17.0. The van der Waals surface area contributed by atoms with E-state index in [4.69, 9.17) is 0 Å². The third-order valence-corrected chi connectivity index (χ3v) is 8.53. The van der Waals surface area contributed by atoms with Crippen LogP contribution in [0.4, 0.5) is 0 Å². The van der Waals surface area contributed by atoms with Gasteiger partial charge in [-0.05, 0) is 6.54 Å². The Bertz CT molecular complexity index is 779. The monoisotopic (exact) mass is 593 g/mol.